The highest BCUT2D eigenvalue weighted by Crippen LogP contribution is 2.28. The lowest BCUT2D eigenvalue weighted by atomic mass is 9.89. The first kappa shape index (κ1) is 31.1. The zero-order valence-corrected chi connectivity index (χ0v) is 25.6. The Balaban J connectivity index is 1.31. The molecule has 2 amide bonds. The Morgan fingerprint density at radius 2 is 1.71 bits per heavy atom. The van der Waals surface area contributed by atoms with E-state index in [2.05, 4.69) is 15.6 Å². The molecule has 1 unspecified atom stereocenters. The van der Waals surface area contributed by atoms with Crippen molar-refractivity contribution in [3.8, 4) is 0 Å². The van der Waals surface area contributed by atoms with Crippen LogP contribution >= 0.6 is 0 Å². The van der Waals surface area contributed by atoms with Crippen LogP contribution in [0.5, 0.6) is 0 Å². The standard InChI is InChI=1S/C34H37N7O4/c1-4-45-30(42)22-37-34(2,33(44)41-18-8-9-19-41)25-14-17-28-27(20-25)38-29(40(28)3)21-36-26-15-12-23(13-16-26)31(35)39-32(43)24-10-6-5-7-11-24/h5-17,20,36-37H,4,18-19,21-22H2,1-3H3,(H2,35,39,43). The number of hydrogen-bond acceptors (Lipinski definition) is 7. The van der Waals surface area contributed by atoms with Crippen LogP contribution in [0.15, 0.2) is 89.9 Å². The van der Waals surface area contributed by atoms with Crippen molar-refractivity contribution in [2.45, 2.75) is 25.9 Å². The first-order valence-corrected chi connectivity index (χ1v) is 14.8. The highest BCUT2D eigenvalue weighted by Gasteiger charge is 2.39. The lowest BCUT2D eigenvalue weighted by molar-refractivity contribution is -0.143. The summed E-state index contributed by atoms with van der Waals surface area (Å²) in [5, 5.41) is 6.54. The number of imidazole rings is 1. The highest BCUT2D eigenvalue weighted by molar-refractivity contribution is 6.08. The number of benzene rings is 3. The van der Waals surface area contributed by atoms with Crippen LogP contribution < -0.4 is 16.4 Å². The Morgan fingerprint density at radius 3 is 2.40 bits per heavy atom. The molecular formula is C34H37N7O4. The molecule has 11 nitrogen and oxygen atoms in total. The summed E-state index contributed by atoms with van der Waals surface area (Å²) in [6.45, 7) is 5.17. The molecule has 0 radical (unpaired) electrons. The van der Waals surface area contributed by atoms with E-state index in [-0.39, 0.29) is 24.9 Å². The number of amides is 2. The van der Waals surface area contributed by atoms with E-state index in [0.29, 0.717) is 36.3 Å². The van der Waals surface area contributed by atoms with Gasteiger partial charge in [-0.25, -0.2) is 4.98 Å². The normalized spacial score (nSPS) is 14.4. The van der Waals surface area contributed by atoms with Gasteiger partial charge in [0.25, 0.3) is 5.91 Å². The summed E-state index contributed by atoms with van der Waals surface area (Å²) in [5.74, 6) is -0.0193. The minimum Gasteiger partial charge on any atom is -0.465 e. The first-order valence-electron chi connectivity index (χ1n) is 14.8. The average molecular weight is 608 g/mol. The third-order valence-electron chi connectivity index (χ3n) is 7.85. The monoisotopic (exact) mass is 607 g/mol. The molecule has 1 aliphatic rings. The molecule has 5 rings (SSSR count). The number of esters is 1. The summed E-state index contributed by atoms with van der Waals surface area (Å²) in [6.07, 6.45) is 3.90. The van der Waals surface area contributed by atoms with E-state index < -0.39 is 17.4 Å². The smallest absolute Gasteiger partial charge is 0.319 e. The maximum absolute atomic E-state index is 13.7. The third-order valence-corrected chi connectivity index (χ3v) is 7.85. The van der Waals surface area contributed by atoms with E-state index in [9.17, 15) is 14.4 Å². The van der Waals surface area contributed by atoms with Crippen molar-refractivity contribution >= 4 is 40.3 Å². The summed E-state index contributed by atoms with van der Waals surface area (Å²) < 4.78 is 7.09. The minimum atomic E-state index is -1.17. The number of nitrogens with two attached hydrogens (primary N) is 1. The van der Waals surface area contributed by atoms with Crippen molar-refractivity contribution in [3.63, 3.8) is 0 Å². The summed E-state index contributed by atoms with van der Waals surface area (Å²) >= 11 is 0. The summed E-state index contributed by atoms with van der Waals surface area (Å²) in [6, 6.07) is 21.9. The molecule has 45 heavy (non-hydrogen) atoms. The lowest BCUT2D eigenvalue weighted by Crippen LogP contribution is -2.54. The fourth-order valence-electron chi connectivity index (χ4n) is 5.20. The van der Waals surface area contributed by atoms with Gasteiger partial charge in [-0.15, -0.1) is 0 Å². The number of fused-ring (bicyclic) bond motifs is 1. The molecular weight excluding hydrogens is 570 g/mol. The molecule has 1 atom stereocenters. The minimum absolute atomic E-state index is 0.105. The van der Waals surface area contributed by atoms with Gasteiger partial charge in [0.2, 0.25) is 5.91 Å². The number of aryl methyl sites for hydroxylation is 1. The number of carbonyl (C=O) groups is 3. The molecule has 0 saturated carbocycles. The van der Waals surface area contributed by atoms with E-state index in [4.69, 9.17) is 15.5 Å². The van der Waals surface area contributed by atoms with Gasteiger partial charge in [-0.1, -0.05) is 36.4 Å². The van der Waals surface area contributed by atoms with Gasteiger partial charge in [-0.3, -0.25) is 19.7 Å². The Kier molecular flexibility index (Phi) is 9.39. The number of amidine groups is 1. The fourth-order valence-corrected chi connectivity index (χ4v) is 5.20. The molecule has 0 aliphatic carbocycles. The molecule has 2 heterocycles. The average Bonchev–Trinajstić information content (AvgIpc) is 3.71. The molecule has 0 spiro atoms. The summed E-state index contributed by atoms with van der Waals surface area (Å²) in [7, 11) is 1.94. The topological polar surface area (TPSA) is 144 Å². The van der Waals surface area contributed by atoms with Gasteiger partial charge in [0.15, 0.2) is 0 Å². The molecule has 11 heteroatoms. The highest BCUT2D eigenvalue weighted by atomic mass is 16.5. The second-order valence-corrected chi connectivity index (χ2v) is 10.9. The number of aromatic nitrogens is 2. The van der Waals surface area contributed by atoms with Crippen molar-refractivity contribution in [3.05, 3.63) is 107 Å². The Hall–Kier alpha value is -5.29. The zero-order chi connectivity index (χ0) is 32.0. The maximum atomic E-state index is 13.7. The lowest BCUT2D eigenvalue weighted by Gasteiger charge is -2.33. The zero-order valence-electron chi connectivity index (χ0n) is 25.6. The number of nitrogens with zero attached hydrogens (tertiary/aromatic N) is 4. The molecule has 0 fully saturated rings. The number of aliphatic imine (C=N–C) groups is 1. The number of carbonyl (C=O) groups excluding carboxylic acids is 3. The number of anilines is 1. The molecule has 4 N–H and O–H groups in total. The van der Waals surface area contributed by atoms with Gasteiger partial charge in [-0.05, 0) is 67.9 Å². The van der Waals surface area contributed by atoms with Gasteiger partial charge in [0, 0.05) is 37.0 Å². The molecule has 1 aromatic heterocycles. The van der Waals surface area contributed by atoms with Gasteiger partial charge >= 0.3 is 5.97 Å². The number of nitrogens with one attached hydrogen (secondary N) is 2. The largest absolute Gasteiger partial charge is 0.465 e. The predicted molar refractivity (Wildman–Crippen MR) is 174 cm³/mol. The van der Waals surface area contributed by atoms with Crippen molar-refractivity contribution in [2.75, 3.05) is 31.6 Å². The van der Waals surface area contributed by atoms with Crippen LogP contribution in [0.25, 0.3) is 11.0 Å². The van der Waals surface area contributed by atoms with E-state index >= 15 is 0 Å². The number of hydrogen-bond donors (Lipinski definition) is 3. The number of ether oxygens (including phenoxy) is 1. The van der Waals surface area contributed by atoms with Crippen LogP contribution in [-0.2, 0) is 33.5 Å². The Morgan fingerprint density at radius 1 is 1.00 bits per heavy atom. The summed E-state index contributed by atoms with van der Waals surface area (Å²) in [5.41, 5.74) is 9.22. The van der Waals surface area contributed by atoms with Gasteiger partial charge < -0.3 is 25.3 Å². The summed E-state index contributed by atoms with van der Waals surface area (Å²) in [4.78, 5) is 48.9. The third kappa shape index (κ3) is 6.94. The second-order valence-electron chi connectivity index (χ2n) is 10.9. The van der Waals surface area contributed by atoms with Gasteiger partial charge in [0.05, 0.1) is 30.7 Å². The molecule has 232 valence electrons. The molecule has 4 aromatic rings. The van der Waals surface area contributed by atoms with E-state index in [1.54, 1.807) is 55.1 Å². The molecule has 0 saturated heterocycles. The van der Waals surface area contributed by atoms with Crippen LogP contribution in [-0.4, -0.2) is 64.3 Å². The van der Waals surface area contributed by atoms with Gasteiger partial charge in [-0.2, -0.15) is 4.99 Å². The second kappa shape index (κ2) is 13.6. The van der Waals surface area contributed by atoms with Crippen LogP contribution in [0.2, 0.25) is 0 Å². The van der Waals surface area contributed by atoms with Crippen molar-refractivity contribution in [1.82, 2.24) is 19.8 Å². The van der Waals surface area contributed by atoms with E-state index in [0.717, 1.165) is 22.5 Å². The quantitative estimate of drug-likeness (QED) is 0.102. The van der Waals surface area contributed by atoms with Crippen molar-refractivity contribution in [2.24, 2.45) is 17.8 Å². The van der Waals surface area contributed by atoms with Crippen molar-refractivity contribution in [1.29, 1.82) is 0 Å². The number of rotatable bonds is 11. The maximum Gasteiger partial charge on any atom is 0.319 e. The molecule has 1 aliphatic heterocycles. The first-order chi connectivity index (χ1) is 21.7. The van der Waals surface area contributed by atoms with Crippen LogP contribution in [0.1, 0.15) is 41.2 Å². The Labute approximate surface area is 261 Å². The van der Waals surface area contributed by atoms with Crippen LogP contribution in [0, 0.1) is 0 Å². The Bertz CT molecular complexity index is 1750. The van der Waals surface area contributed by atoms with Crippen LogP contribution in [0.3, 0.4) is 0 Å². The molecule has 0 bridgehead atoms. The SMILES string of the molecule is CCOC(=O)CNC(C)(C(=O)N1CC=CC1)c1ccc2c(c1)nc(CNc1ccc(C(N)=NC(=O)c3ccccc3)cc1)n2C. The van der Waals surface area contributed by atoms with Gasteiger partial charge in [0.1, 0.15) is 17.2 Å². The van der Waals surface area contributed by atoms with Crippen molar-refractivity contribution < 1.29 is 19.1 Å². The van der Waals surface area contributed by atoms with E-state index in [1.807, 2.05) is 60.2 Å². The van der Waals surface area contributed by atoms with Crippen LogP contribution in [0.4, 0.5) is 5.69 Å². The fraction of sp³-hybridized carbons (Fsp3) is 0.265. The van der Waals surface area contributed by atoms with E-state index in [1.165, 1.54) is 0 Å². The predicted octanol–water partition coefficient (Wildman–Crippen LogP) is 3.50. The molecule has 3 aromatic carbocycles.